The van der Waals surface area contributed by atoms with Crippen LogP contribution in [0.3, 0.4) is 0 Å². The summed E-state index contributed by atoms with van der Waals surface area (Å²) in [7, 11) is 0. The summed E-state index contributed by atoms with van der Waals surface area (Å²) in [5, 5.41) is 13.0. The van der Waals surface area contributed by atoms with Crippen LogP contribution in [-0.4, -0.2) is 10.9 Å². The van der Waals surface area contributed by atoms with E-state index in [0.29, 0.717) is 0 Å². The topological polar surface area (TPSA) is 91.8 Å². The quantitative estimate of drug-likeness (QED) is 0.865. The van der Waals surface area contributed by atoms with Crippen LogP contribution in [0.1, 0.15) is 16.1 Å². The average molecular weight is 262 g/mol. The molecule has 18 heavy (non-hydrogen) atoms. The highest BCUT2D eigenvalue weighted by atomic mass is 32.1. The van der Waals surface area contributed by atoms with Crippen molar-refractivity contribution in [2.75, 3.05) is 11.1 Å². The normalized spacial score (nSPS) is 9.78. The van der Waals surface area contributed by atoms with Crippen LogP contribution in [-0.2, 0) is 0 Å². The van der Waals surface area contributed by atoms with Crippen molar-refractivity contribution in [3.8, 4) is 6.07 Å². The summed E-state index contributed by atoms with van der Waals surface area (Å²) in [4.78, 5) is 15.5. The molecular formula is C11H7FN4OS. The van der Waals surface area contributed by atoms with E-state index in [4.69, 9.17) is 11.0 Å². The number of nitrogens with zero attached hydrogens (tertiary/aromatic N) is 2. The van der Waals surface area contributed by atoms with Gasteiger partial charge in [-0.2, -0.15) is 5.26 Å². The predicted octanol–water partition coefficient (Wildman–Crippen LogP) is 1.99. The Morgan fingerprint density at radius 3 is 2.94 bits per heavy atom. The molecule has 1 amide bonds. The molecule has 2 aromatic rings. The van der Waals surface area contributed by atoms with Gasteiger partial charge in [0, 0.05) is 5.38 Å². The van der Waals surface area contributed by atoms with Crippen molar-refractivity contribution >= 4 is 28.1 Å². The molecule has 0 aliphatic heterocycles. The Hall–Kier alpha value is -2.46. The Kier molecular flexibility index (Phi) is 3.21. The van der Waals surface area contributed by atoms with Gasteiger partial charge in [-0.1, -0.05) is 6.07 Å². The second kappa shape index (κ2) is 4.81. The number of nitrogen functional groups attached to an aromatic ring is 1. The number of nitrogens with two attached hydrogens (primary N) is 1. The van der Waals surface area contributed by atoms with Crippen molar-refractivity contribution in [2.24, 2.45) is 0 Å². The summed E-state index contributed by atoms with van der Waals surface area (Å²) in [6.45, 7) is 0. The largest absolute Gasteiger partial charge is 0.375 e. The molecule has 3 N–H and O–H groups in total. The summed E-state index contributed by atoms with van der Waals surface area (Å²) >= 11 is 1.12. The monoisotopic (exact) mass is 262 g/mol. The average Bonchev–Trinajstić information content (AvgIpc) is 2.76. The third-order valence-electron chi connectivity index (χ3n) is 2.13. The maximum absolute atomic E-state index is 13.3. The third-order valence-corrected chi connectivity index (χ3v) is 2.80. The summed E-state index contributed by atoms with van der Waals surface area (Å²) in [5.41, 5.74) is 5.43. The number of halogens is 1. The highest BCUT2D eigenvalue weighted by Gasteiger charge is 2.14. The van der Waals surface area contributed by atoms with Crippen LogP contribution >= 0.6 is 11.3 Å². The highest BCUT2D eigenvalue weighted by molar-refractivity contribution is 7.13. The van der Waals surface area contributed by atoms with Gasteiger partial charge in [0.1, 0.15) is 23.1 Å². The molecule has 0 aliphatic rings. The molecule has 0 spiro atoms. The van der Waals surface area contributed by atoms with Crippen molar-refractivity contribution < 1.29 is 9.18 Å². The molecule has 0 fully saturated rings. The lowest BCUT2D eigenvalue weighted by Crippen LogP contribution is -2.13. The number of nitrogens with one attached hydrogen (secondary N) is 1. The van der Waals surface area contributed by atoms with Gasteiger partial charge in [0.25, 0.3) is 5.91 Å². The molecular weight excluding hydrogens is 255 g/mol. The molecule has 90 valence electrons. The first-order valence-electron chi connectivity index (χ1n) is 4.83. The zero-order valence-corrected chi connectivity index (χ0v) is 9.79. The van der Waals surface area contributed by atoms with Gasteiger partial charge >= 0.3 is 0 Å². The molecule has 7 heteroatoms. The third kappa shape index (κ3) is 2.28. The molecule has 1 heterocycles. The minimum absolute atomic E-state index is 0.106. The standard InChI is InChI=1S/C11H7FN4OS/c12-7-2-1-3-8(6(7)4-13)15-10(17)9-5-18-11(14)16-9/h1-3,5H,(H2,14,16)(H,15,17). The van der Waals surface area contributed by atoms with Crippen molar-refractivity contribution in [3.63, 3.8) is 0 Å². The first kappa shape index (κ1) is 12.0. The lowest BCUT2D eigenvalue weighted by molar-refractivity contribution is 0.102. The van der Waals surface area contributed by atoms with Crippen LogP contribution in [0.5, 0.6) is 0 Å². The van der Waals surface area contributed by atoms with Gasteiger partial charge in [0.05, 0.1) is 5.69 Å². The number of hydrogen-bond acceptors (Lipinski definition) is 5. The van der Waals surface area contributed by atoms with Crippen LogP contribution in [0.25, 0.3) is 0 Å². The van der Waals surface area contributed by atoms with Crippen LogP contribution in [0, 0.1) is 17.1 Å². The van der Waals surface area contributed by atoms with E-state index >= 15 is 0 Å². The summed E-state index contributed by atoms with van der Waals surface area (Å²) in [6, 6.07) is 5.69. The Morgan fingerprint density at radius 2 is 2.33 bits per heavy atom. The molecule has 0 aliphatic carbocycles. The Labute approximate surface area is 106 Å². The fraction of sp³-hybridized carbons (Fsp3) is 0. The van der Waals surface area contributed by atoms with E-state index < -0.39 is 11.7 Å². The molecule has 0 saturated carbocycles. The number of rotatable bonds is 2. The first-order valence-corrected chi connectivity index (χ1v) is 5.70. The Balaban J connectivity index is 2.28. The lowest BCUT2D eigenvalue weighted by atomic mass is 10.2. The number of nitriles is 1. The lowest BCUT2D eigenvalue weighted by Gasteiger charge is -2.05. The SMILES string of the molecule is N#Cc1c(F)cccc1NC(=O)c1csc(N)n1. The number of amides is 1. The molecule has 0 bridgehead atoms. The number of thiazole rings is 1. The molecule has 0 atom stereocenters. The molecule has 5 nitrogen and oxygen atoms in total. The van der Waals surface area contributed by atoms with Gasteiger partial charge < -0.3 is 11.1 Å². The second-order valence-electron chi connectivity index (χ2n) is 3.30. The van der Waals surface area contributed by atoms with Crippen LogP contribution in [0.4, 0.5) is 15.2 Å². The Morgan fingerprint density at radius 1 is 1.56 bits per heavy atom. The zero-order valence-electron chi connectivity index (χ0n) is 8.98. The van der Waals surface area contributed by atoms with E-state index in [-0.39, 0.29) is 22.1 Å². The van der Waals surface area contributed by atoms with Crippen molar-refractivity contribution in [2.45, 2.75) is 0 Å². The molecule has 1 aromatic heterocycles. The number of aromatic nitrogens is 1. The van der Waals surface area contributed by atoms with E-state index in [2.05, 4.69) is 10.3 Å². The molecule has 1 aromatic carbocycles. The van der Waals surface area contributed by atoms with Crippen LogP contribution in [0.15, 0.2) is 23.6 Å². The maximum atomic E-state index is 13.3. The van der Waals surface area contributed by atoms with E-state index in [1.807, 2.05) is 0 Å². The molecule has 0 unspecified atom stereocenters. The van der Waals surface area contributed by atoms with Crippen molar-refractivity contribution in [1.29, 1.82) is 5.26 Å². The number of hydrogen-bond donors (Lipinski definition) is 2. The van der Waals surface area contributed by atoms with E-state index in [1.165, 1.54) is 17.5 Å². The predicted molar refractivity (Wildman–Crippen MR) is 65.6 cm³/mol. The first-order chi connectivity index (χ1) is 8.61. The minimum atomic E-state index is -0.687. The van der Waals surface area contributed by atoms with E-state index in [1.54, 1.807) is 6.07 Å². The summed E-state index contributed by atoms with van der Waals surface area (Å²) < 4.78 is 13.3. The van der Waals surface area contributed by atoms with Gasteiger partial charge in [-0.25, -0.2) is 9.37 Å². The number of carbonyl (C=O) groups excluding carboxylic acids is 1. The molecule has 2 rings (SSSR count). The molecule has 0 saturated heterocycles. The van der Waals surface area contributed by atoms with Gasteiger partial charge in [0.2, 0.25) is 0 Å². The van der Waals surface area contributed by atoms with Crippen LogP contribution in [0.2, 0.25) is 0 Å². The maximum Gasteiger partial charge on any atom is 0.275 e. The summed E-state index contributed by atoms with van der Waals surface area (Å²) in [6.07, 6.45) is 0. The second-order valence-corrected chi connectivity index (χ2v) is 4.19. The smallest absolute Gasteiger partial charge is 0.275 e. The van der Waals surface area contributed by atoms with Gasteiger partial charge in [-0.3, -0.25) is 4.79 Å². The Bertz CT molecular complexity index is 647. The van der Waals surface area contributed by atoms with E-state index in [9.17, 15) is 9.18 Å². The molecule has 0 radical (unpaired) electrons. The fourth-order valence-corrected chi connectivity index (χ4v) is 1.86. The van der Waals surface area contributed by atoms with Gasteiger partial charge in [-0.15, -0.1) is 11.3 Å². The number of benzene rings is 1. The number of carbonyl (C=O) groups is 1. The zero-order chi connectivity index (χ0) is 13.1. The highest BCUT2D eigenvalue weighted by Crippen LogP contribution is 2.19. The van der Waals surface area contributed by atoms with Crippen LogP contribution < -0.4 is 11.1 Å². The minimum Gasteiger partial charge on any atom is -0.375 e. The summed E-state index contributed by atoms with van der Waals surface area (Å²) in [5.74, 6) is -1.22. The van der Waals surface area contributed by atoms with Crippen molar-refractivity contribution in [1.82, 2.24) is 4.98 Å². The fourth-order valence-electron chi connectivity index (χ4n) is 1.32. The van der Waals surface area contributed by atoms with Gasteiger partial charge in [-0.05, 0) is 12.1 Å². The number of anilines is 2. The van der Waals surface area contributed by atoms with Crippen molar-refractivity contribution in [3.05, 3.63) is 40.7 Å². The van der Waals surface area contributed by atoms with E-state index in [0.717, 1.165) is 17.4 Å². The van der Waals surface area contributed by atoms with Gasteiger partial charge in [0.15, 0.2) is 5.13 Å².